The Morgan fingerprint density at radius 1 is 1.22 bits per heavy atom. The van der Waals surface area contributed by atoms with Crippen LogP contribution in [0.15, 0.2) is 58.4 Å². The second kappa shape index (κ2) is 8.64. The molecule has 2 aromatic rings. The van der Waals surface area contributed by atoms with Gasteiger partial charge < -0.3 is 10.1 Å². The standard InChI is InChI=1S/C20H17FN2O3S/c1-2-18(24)22-20-23-19(25)17(27-20)11-13-7-9-15(10-8-13)26-12-14-5-3-4-6-16(14)21/h3-11H,2,12H2,1H3,(H,22,23,24,25). The monoisotopic (exact) mass is 384 g/mol. The number of amidine groups is 1. The molecule has 1 aliphatic rings. The van der Waals surface area contributed by atoms with Crippen LogP contribution in [0.25, 0.3) is 6.08 Å². The molecule has 0 aromatic heterocycles. The third-order valence-corrected chi connectivity index (χ3v) is 4.62. The Morgan fingerprint density at radius 2 is 1.96 bits per heavy atom. The van der Waals surface area contributed by atoms with Gasteiger partial charge in [0.15, 0.2) is 5.17 Å². The predicted molar refractivity (Wildman–Crippen MR) is 104 cm³/mol. The maximum Gasteiger partial charge on any atom is 0.286 e. The molecule has 0 unspecified atom stereocenters. The van der Waals surface area contributed by atoms with E-state index in [1.807, 2.05) is 0 Å². The molecule has 0 saturated heterocycles. The van der Waals surface area contributed by atoms with E-state index in [1.165, 1.54) is 6.07 Å². The number of carbonyl (C=O) groups is 2. The molecule has 1 heterocycles. The fourth-order valence-corrected chi connectivity index (χ4v) is 3.09. The van der Waals surface area contributed by atoms with E-state index in [-0.39, 0.29) is 24.2 Å². The van der Waals surface area contributed by atoms with Crippen LogP contribution >= 0.6 is 11.8 Å². The lowest BCUT2D eigenvalue weighted by atomic mass is 10.2. The molecule has 1 N–H and O–H groups in total. The zero-order valence-corrected chi connectivity index (χ0v) is 15.4. The van der Waals surface area contributed by atoms with Crippen molar-refractivity contribution in [1.82, 2.24) is 5.32 Å². The van der Waals surface area contributed by atoms with E-state index in [4.69, 9.17) is 4.74 Å². The molecule has 0 radical (unpaired) electrons. The Bertz CT molecular complexity index is 923. The number of hydrogen-bond donors (Lipinski definition) is 1. The van der Waals surface area contributed by atoms with E-state index in [2.05, 4.69) is 10.3 Å². The van der Waals surface area contributed by atoms with Gasteiger partial charge in [0, 0.05) is 12.0 Å². The van der Waals surface area contributed by atoms with Crippen molar-refractivity contribution >= 4 is 34.8 Å². The van der Waals surface area contributed by atoms with Crippen molar-refractivity contribution in [2.75, 3.05) is 0 Å². The van der Waals surface area contributed by atoms with E-state index in [1.54, 1.807) is 55.5 Å². The summed E-state index contributed by atoms with van der Waals surface area (Å²) in [6.45, 7) is 1.86. The number of nitrogens with zero attached hydrogens (tertiary/aromatic N) is 1. The first-order valence-corrected chi connectivity index (χ1v) is 9.15. The number of amides is 2. The smallest absolute Gasteiger partial charge is 0.286 e. The van der Waals surface area contributed by atoms with Gasteiger partial charge in [0.2, 0.25) is 5.91 Å². The minimum Gasteiger partial charge on any atom is -0.489 e. The lowest BCUT2D eigenvalue weighted by Crippen LogP contribution is -2.26. The average molecular weight is 384 g/mol. The third kappa shape index (κ3) is 5.04. The first kappa shape index (κ1) is 18.8. The lowest BCUT2D eigenvalue weighted by Gasteiger charge is -2.07. The SMILES string of the molecule is CCC(=O)NC1=NC(=O)C(=Cc2ccc(OCc3ccccc3F)cc2)S1. The molecule has 0 atom stereocenters. The van der Waals surface area contributed by atoms with Gasteiger partial charge in [0.1, 0.15) is 18.2 Å². The van der Waals surface area contributed by atoms with Gasteiger partial charge in [-0.1, -0.05) is 37.3 Å². The summed E-state index contributed by atoms with van der Waals surface area (Å²) < 4.78 is 19.2. The van der Waals surface area contributed by atoms with Gasteiger partial charge in [0.05, 0.1) is 4.91 Å². The highest BCUT2D eigenvalue weighted by atomic mass is 32.2. The van der Waals surface area contributed by atoms with Crippen molar-refractivity contribution in [2.24, 2.45) is 4.99 Å². The van der Waals surface area contributed by atoms with Crippen LogP contribution in [0.2, 0.25) is 0 Å². The highest BCUT2D eigenvalue weighted by Gasteiger charge is 2.22. The Hall–Kier alpha value is -2.93. The molecule has 27 heavy (non-hydrogen) atoms. The molecular formula is C20H17FN2O3S. The van der Waals surface area contributed by atoms with Crippen LogP contribution in [0.4, 0.5) is 4.39 Å². The number of carbonyl (C=O) groups excluding carboxylic acids is 2. The minimum atomic E-state index is -0.383. The summed E-state index contributed by atoms with van der Waals surface area (Å²) in [7, 11) is 0. The quantitative estimate of drug-likeness (QED) is 0.794. The summed E-state index contributed by atoms with van der Waals surface area (Å²) in [6, 6.07) is 13.5. The topological polar surface area (TPSA) is 67.8 Å². The molecule has 3 rings (SSSR count). The van der Waals surface area contributed by atoms with Crippen molar-refractivity contribution in [3.8, 4) is 5.75 Å². The zero-order chi connectivity index (χ0) is 19.2. The van der Waals surface area contributed by atoms with Crippen LogP contribution in [0.3, 0.4) is 0 Å². The molecule has 7 heteroatoms. The maximum atomic E-state index is 13.6. The van der Waals surface area contributed by atoms with Gasteiger partial charge >= 0.3 is 0 Å². The average Bonchev–Trinajstić information content (AvgIpc) is 3.01. The summed E-state index contributed by atoms with van der Waals surface area (Å²) in [5, 5.41) is 2.88. The number of aliphatic imine (C=N–C) groups is 1. The number of rotatable bonds is 5. The van der Waals surface area contributed by atoms with Gasteiger partial charge in [-0.15, -0.1) is 0 Å². The van der Waals surface area contributed by atoms with E-state index < -0.39 is 0 Å². The van der Waals surface area contributed by atoms with Gasteiger partial charge in [-0.3, -0.25) is 9.59 Å². The first-order chi connectivity index (χ1) is 13.0. The van der Waals surface area contributed by atoms with Crippen molar-refractivity contribution in [2.45, 2.75) is 20.0 Å². The molecule has 0 bridgehead atoms. The zero-order valence-electron chi connectivity index (χ0n) is 14.6. The molecule has 138 valence electrons. The van der Waals surface area contributed by atoms with E-state index in [9.17, 15) is 14.0 Å². The summed E-state index contributed by atoms with van der Waals surface area (Å²) >= 11 is 1.13. The number of halogens is 1. The molecule has 0 fully saturated rings. The van der Waals surface area contributed by atoms with Crippen LogP contribution in [0.5, 0.6) is 5.75 Å². The van der Waals surface area contributed by atoms with E-state index in [0.29, 0.717) is 27.8 Å². The van der Waals surface area contributed by atoms with Crippen molar-refractivity contribution < 1.29 is 18.7 Å². The van der Waals surface area contributed by atoms with Crippen molar-refractivity contribution in [3.63, 3.8) is 0 Å². The van der Waals surface area contributed by atoms with Gasteiger partial charge in [-0.25, -0.2) is 4.39 Å². The van der Waals surface area contributed by atoms with Gasteiger partial charge in [0.25, 0.3) is 5.91 Å². The second-order valence-electron chi connectivity index (χ2n) is 5.68. The maximum absolute atomic E-state index is 13.6. The number of benzene rings is 2. The molecule has 1 aliphatic heterocycles. The van der Waals surface area contributed by atoms with Crippen LogP contribution in [-0.4, -0.2) is 17.0 Å². The Morgan fingerprint density at radius 3 is 2.67 bits per heavy atom. The molecule has 2 aromatic carbocycles. The second-order valence-corrected chi connectivity index (χ2v) is 6.71. The highest BCUT2D eigenvalue weighted by molar-refractivity contribution is 8.18. The number of ether oxygens (including phenoxy) is 1. The fraction of sp³-hybridized carbons (Fsp3) is 0.150. The normalized spacial score (nSPS) is 15.0. The Kier molecular flexibility index (Phi) is 6.03. The van der Waals surface area contributed by atoms with Crippen LogP contribution in [0.1, 0.15) is 24.5 Å². The molecule has 0 aliphatic carbocycles. The van der Waals surface area contributed by atoms with Gasteiger partial charge in [-0.2, -0.15) is 4.99 Å². The molecule has 2 amide bonds. The Labute approximate surface area is 160 Å². The van der Waals surface area contributed by atoms with Crippen LogP contribution < -0.4 is 10.1 Å². The van der Waals surface area contributed by atoms with Crippen molar-refractivity contribution in [3.05, 3.63) is 70.4 Å². The molecule has 5 nitrogen and oxygen atoms in total. The molecular weight excluding hydrogens is 367 g/mol. The number of hydrogen-bond acceptors (Lipinski definition) is 4. The van der Waals surface area contributed by atoms with Gasteiger partial charge in [-0.05, 0) is 41.6 Å². The minimum absolute atomic E-state index is 0.135. The van der Waals surface area contributed by atoms with Crippen LogP contribution in [0, 0.1) is 5.82 Å². The largest absolute Gasteiger partial charge is 0.489 e. The lowest BCUT2D eigenvalue weighted by molar-refractivity contribution is -0.119. The third-order valence-electron chi connectivity index (χ3n) is 3.72. The predicted octanol–water partition coefficient (Wildman–Crippen LogP) is 3.90. The highest BCUT2D eigenvalue weighted by Crippen LogP contribution is 2.28. The van der Waals surface area contributed by atoms with E-state index >= 15 is 0 Å². The summed E-state index contributed by atoms with van der Waals surface area (Å²) in [5.41, 5.74) is 1.28. The van der Waals surface area contributed by atoms with E-state index in [0.717, 1.165) is 17.3 Å². The van der Waals surface area contributed by atoms with Crippen LogP contribution in [-0.2, 0) is 16.2 Å². The molecule has 0 saturated carbocycles. The van der Waals surface area contributed by atoms with Crippen molar-refractivity contribution in [1.29, 1.82) is 0 Å². The Balaban J connectivity index is 1.61. The summed E-state index contributed by atoms with van der Waals surface area (Å²) in [4.78, 5) is 27.6. The summed E-state index contributed by atoms with van der Waals surface area (Å²) in [5.74, 6) is -0.280. The first-order valence-electron chi connectivity index (χ1n) is 8.34. The number of nitrogens with one attached hydrogen (secondary N) is 1. The number of thioether (sulfide) groups is 1. The molecule has 0 spiro atoms. The summed E-state index contributed by atoms with van der Waals surface area (Å²) in [6.07, 6.45) is 2.02. The fourth-order valence-electron chi connectivity index (χ4n) is 2.26.